The minimum atomic E-state index is -0.498. The van der Waals surface area contributed by atoms with Gasteiger partial charge in [-0.3, -0.25) is 9.59 Å². The number of hydrogen-bond donors (Lipinski definition) is 2. The lowest BCUT2D eigenvalue weighted by atomic mass is 10.1. The summed E-state index contributed by atoms with van der Waals surface area (Å²) in [6, 6.07) is 8.22. The highest BCUT2D eigenvalue weighted by Crippen LogP contribution is 2.16. The molecule has 19 heavy (non-hydrogen) atoms. The zero-order valence-corrected chi connectivity index (χ0v) is 10.2. The number of benzene rings is 1. The second kappa shape index (κ2) is 5.43. The number of carbonyl (C=O) groups is 1. The summed E-state index contributed by atoms with van der Waals surface area (Å²) in [6.45, 7) is 1.67. The third kappa shape index (κ3) is 3.04. The molecule has 0 saturated carbocycles. The Labute approximate surface area is 108 Å². The summed E-state index contributed by atoms with van der Waals surface area (Å²) in [5, 5.41) is 8.38. The molecule has 6 heteroatoms. The molecular formula is C13H12FN3O2. The Bertz CT molecular complexity index is 634. The molecule has 2 aromatic rings. The van der Waals surface area contributed by atoms with E-state index < -0.39 is 17.5 Å². The summed E-state index contributed by atoms with van der Waals surface area (Å²) in [4.78, 5) is 22.7. The number of amides is 1. The van der Waals surface area contributed by atoms with Gasteiger partial charge in [0.2, 0.25) is 0 Å². The predicted molar refractivity (Wildman–Crippen MR) is 67.1 cm³/mol. The Balaban J connectivity index is 2.13. The summed E-state index contributed by atoms with van der Waals surface area (Å²) >= 11 is 0. The number of nitrogens with one attached hydrogen (secondary N) is 2. The Morgan fingerprint density at radius 2 is 2.05 bits per heavy atom. The number of hydrogen-bond acceptors (Lipinski definition) is 3. The molecule has 0 aliphatic carbocycles. The van der Waals surface area contributed by atoms with Crippen molar-refractivity contribution in [1.29, 1.82) is 0 Å². The summed E-state index contributed by atoms with van der Waals surface area (Å²) in [6.07, 6.45) is 0. The zero-order chi connectivity index (χ0) is 13.8. The molecule has 2 N–H and O–H groups in total. The highest BCUT2D eigenvalue weighted by molar-refractivity contribution is 5.92. The quantitative estimate of drug-likeness (QED) is 0.877. The van der Waals surface area contributed by atoms with E-state index in [1.165, 1.54) is 18.2 Å². The van der Waals surface area contributed by atoms with Crippen LogP contribution < -0.4 is 10.9 Å². The van der Waals surface area contributed by atoms with Crippen LogP contribution in [0.3, 0.4) is 0 Å². The Morgan fingerprint density at radius 1 is 1.32 bits per heavy atom. The molecule has 98 valence electrons. The number of H-pyrrole nitrogens is 1. The van der Waals surface area contributed by atoms with Crippen molar-refractivity contribution in [3.05, 3.63) is 63.8 Å². The molecule has 1 unspecified atom stereocenters. The van der Waals surface area contributed by atoms with Crippen LogP contribution in [0.25, 0.3) is 0 Å². The first-order chi connectivity index (χ1) is 9.08. The van der Waals surface area contributed by atoms with Crippen molar-refractivity contribution in [1.82, 2.24) is 15.5 Å². The van der Waals surface area contributed by atoms with E-state index in [2.05, 4.69) is 15.5 Å². The summed E-state index contributed by atoms with van der Waals surface area (Å²) < 4.78 is 13.5. The first kappa shape index (κ1) is 12.9. The van der Waals surface area contributed by atoms with Crippen LogP contribution in [0.2, 0.25) is 0 Å². The highest BCUT2D eigenvalue weighted by Gasteiger charge is 2.15. The van der Waals surface area contributed by atoms with Gasteiger partial charge in [0.05, 0.1) is 6.04 Å². The second-order valence-electron chi connectivity index (χ2n) is 4.02. The standard InChI is InChI=1S/C13H12FN3O2/c1-8(9-4-2-3-5-10(9)14)15-13(19)11-6-7-12(18)17-16-11/h2-8H,1H3,(H,15,19)(H,17,18). The van der Waals surface area contributed by atoms with Gasteiger partial charge in [-0.2, -0.15) is 5.10 Å². The number of nitrogens with zero attached hydrogens (tertiary/aromatic N) is 1. The van der Waals surface area contributed by atoms with Crippen LogP contribution in [-0.4, -0.2) is 16.1 Å². The number of aromatic nitrogens is 2. The van der Waals surface area contributed by atoms with Crippen molar-refractivity contribution in [2.24, 2.45) is 0 Å². The Hall–Kier alpha value is -2.50. The first-order valence-corrected chi connectivity index (χ1v) is 5.69. The van der Waals surface area contributed by atoms with E-state index in [1.807, 2.05) is 0 Å². The minimum absolute atomic E-state index is 0.0720. The number of carbonyl (C=O) groups excluding carboxylic acids is 1. The van der Waals surface area contributed by atoms with E-state index in [9.17, 15) is 14.0 Å². The molecule has 1 aromatic carbocycles. The van der Waals surface area contributed by atoms with Crippen LogP contribution in [0.15, 0.2) is 41.2 Å². The molecule has 5 nitrogen and oxygen atoms in total. The van der Waals surface area contributed by atoms with Crippen molar-refractivity contribution in [3.63, 3.8) is 0 Å². The van der Waals surface area contributed by atoms with Gasteiger partial charge in [0.25, 0.3) is 11.5 Å². The van der Waals surface area contributed by atoms with Crippen LogP contribution in [-0.2, 0) is 0 Å². The highest BCUT2D eigenvalue weighted by atomic mass is 19.1. The molecule has 0 aliphatic heterocycles. The van der Waals surface area contributed by atoms with Crippen molar-refractivity contribution < 1.29 is 9.18 Å². The van der Waals surface area contributed by atoms with E-state index in [0.29, 0.717) is 5.56 Å². The van der Waals surface area contributed by atoms with Gasteiger partial charge in [-0.25, -0.2) is 9.49 Å². The molecule has 0 aliphatic rings. The SMILES string of the molecule is CC(NC(=O)c1ccc(=O)[nH]n1)c1ccccc1F. The van der Waals surface area contributed by atoms with Gasteiger partial charge >= 0.3 is 0 Å². The molecule has 1 heterocycles. The Morgan fingerprint density at radius 3 is 2.68 bits per heavy atom. The molecule has 1 aromatic heterocycles. The minimum Gasteiger partial charge on any atom is -0.344 e. The lowest BCUT2D eigenvalue weighted by molar-refractivity contribution is 0.0933. The summed E-state index contributed by atoms with van der Waals surface area (Å²) in [7, 11) is 0. The predicted octanol–water partition coefficient (Wildman–Crippen LogP) is 1.40. The molecule has 2 rings (SSSR count). The van der Waals surface area contributed by atoms with E-state index in [4.69, 9.17) is 0 Å². The maximum atomic E-state index is 13.5. The Kier molecular flexibility index (Phi) is 3.70. The number of rotatable bonds is 3. The molecule has 0 saturated heterocycles. The van der Waals surface area contributed by atoms with Crippen molar-refractivity contribution >= 4 is 5.91 Å². The van der Waals surface area contributed by atoms with Gasteiger partial charge in [0, 0.05) is 11.6 Å². The molecule has 0 spiro atoms. The maximum absolute atomic E-state index is 13.5. The summed E-state index contributed by atoms with van der Waals surface area (Å²) in [5.41, 5.74) is 0.0711. The van der Waals surface area contributed by atoms with E-state index >= 15 is 0 Å². The van der Waals surface area contributed by atoms with E-state index in [1.54, 1.807) is 25.1 Å². The first-order valence-electron chi connectivity index (χ1n) is 5.69. The van der Waals surface area contributed by atoms with Gasteiger partial charge in [-0.1, -0.05) is 18.2 Å². The average Bonchev–Trinajstić information content (AvgIpc) is 2.39. The molecule has 1 atom stereocenters. The largest absolute Gasteiger partial charge is 0.344 e. The van der Waals surface area contributed by atoms with Gasteiger partial charge in [0.1, 0.15) is 11.5 Å². The van der Waals surface area contributed by atoms with Gasteiger partial charge in [0.15, 0.2) is 0 Å². The van der Waals surface area contributed by atoms with Gasteiger partial charge in [-0.05, 0) is 19.1 Å². The van der Waals surface area contributed by atoms with Crippen LogP contribution in [0.1, 0.15) is 29.0 Å². The lowest BCUT2D eigenvalue weighted by Crippen LogP contribution is -2.28. The molecule has 0 radical (unpaired) electrons. The number of halogens is 1. The van der Waals surface area contributed by atoms with Crippen LogP contribution >= 0.6 is 0 Å². The fourth-order valence-corrected chi connectivity index (χ4v) is 1.65. The topological polar surface area (TPSA) is 74.8 Å². The average molecular weight is 261 g/mol. The van der Waals surface area contributed by atoms with E-state index in [0.717, 1.165) is 0 Å². The third-order valence-electron chi connectivity index (χ3n) is 2.63. The number of aromatic amines is 1. The molecule has 0 bridgehead atoms. The third-order valence-corrected chi connectivity index (χ3v) is 2.63. The van der Waals surface area contributed by atoms with Crippen molar-refractivity contribution in [2.75, 3.05) is 0 Å². The summed E-state index contributed by atoms with van der Waals surface area (Å²) in [5.74, 6) is -0.864. The van der Waals surface area contributed by atoms with E-state index in [-0.39, 0.29) is 11.5 Å². The van der Waals surface area contributed by atoms with Crippen LogP contribution in [0.5, 0.6) is 0 Å². The van der Waals surface area contributed by atoms with Crippen molar-refractivity contribution in [2.45, 2.75) is 13.0 Å². The fraction of sp³-hybridized carbons (Fsp3) is 0.154. The molecular weight excluding hydrogens is 249 g/mol. The lowest BCUT2D eigenvalue weighted by Gasteiger charge is -2.14. The zero-order valence-electron chi connectivity index (χ0n) is 10.2. The fourth-order valence-electron chi connectivity index (χ4n) is 1.65. The molecule has 0 fully saturated rings. The molecule has 1 amide bonds. The van der Waals surface area contributed by atoms with Crippen LogP contribution in [0, 0.1) is 5.82 Å². The smallest absolute Gasteiger partial charge is 0.272 e. The normalized spacial score (nSPS) is 11.9. The van der Waals surface area contributed by atoms with Gasteiger partial charge in [-0.15, -0.1) is 0 Å². The monoisotopic (exact) mass is 261 g/mol. The second-order valence-corrected chi connectivity index (χ2v) is 4.02. The van der Waals surface area contributed by atoms with Crippen LogP contribution in [0.4, 0.5) is 4.39 Å². The van der Waals surface area contributed by atoms with Gasteiger partial charge < -0.3 is 5.32 Å². The van der Waals surface area contributed by atoms with Crippen molar-refractivity contribution in [3.8, 4) is 0 Å². The maximum Gasteiger partial charge on any atom is 0.272 e.